The molecule has 0 atom stereocenters. The fraction of sp³-hybridized carbons (Fsp3) is 0.421. The average molecular weight is 385 g/mol. The van der Waals surface area contributed by atoms with Gasteiger partial charge in [-0.05, 0) is 38.4 Å². The quantitative estimate of drug-likeness (QED) is 0.525. The molecule has 1 aliphatic carbocycles. The van der Waals surface area contributed by atoms with E-state index in [0.717, 1.165) is 18.5 Å². The third-order valence-electron chi connectivity index (χ3n) is 4.92. The lowest BCUT2D eigenvalue weighted by Gasteiger charge is -2.42. The van der Waals surface area contributed by atoms with E-state index >= 15 is 0 Å². The molecule has 1 aliphatic rings. The molecule has 0 radical (unpaired) electrons. The van der Waals surface area contributed by atoms with Gasteiger partial charge in [-0.1, -0.05) is 6.92 Å². The zero-order chi connectivity index (χ0) is 20.3. The Morgan fingerprint density at radius 1 is 1.32 bits per heavy atom. The van der Waals surface area contributed by atoms with Gasteiger partial charge in [0, 0.05) is 41.5 Å². The number of carboxylic acid groups (broad SMARTS) is 1. The molecular weight excluding hydrogens is 362 g/mol. The van der Waals surface area contributed by atoms with E-state index in [1.165, 1.54) is 12.1 Å². The van der Waals surface area contributed by atoms with Gasteiger partial charge in [0.25, 0.3) is 5.69 Å². The van der Waals surface area contributed by atoms with Crippen molar-refractivity contribution in [3.8, 4) is 11.4 Å². The lowest BCUT2D eigenvalue weighted by Crippen LogP contribution is -2.51. The number of nitrogens with zero attached hydrogens (tertiary/aromatic N) is 4. The maximum absolute atomic E-state index is 10.9. The maximum atomic E-state index is 10.9. The second-order valence-corrected chi connectivity index (χ2v) is 6.95. The van der Waals surface area contributed by atoms with E-state index in [1.807, 2.05) is 24.8 Å². The van der Waals surface area contributed by atoms with Crippen LogP contribution in [0.4, 0.5) is 11.5 Å². The Bertz CT molecular complexity index is 865. The number of nitrogens with one attached hydrogen (secondary N) is 1. The standard InChI is InChI=1S/C19H23N5O4/c1-3-23(11-18(25)26)16-9-14(10-16)21-17-8-12(2)20-19(22-17)13-4-6-15(7-5-13)24(27)28/h4-8,14,16H,3,9-11H2,1-2H3,(H,25,26)(H,20,21,22). The summed E-state index contributed by atoms with van der Waals surface area (Å²) in [4.78, 5) is 32.2. The fourth-order valence-electron chi connectivity index (χ4n) is 3.39. The molecule has 2 aromatic rings. The smallest absolute Gasteiger partial charge is 0.317 e. The number of non-ortho nitro benzene ring substituents is 1. The van der Waals surface area contributed by atoms with Crippen molar-refractivity contribution in [3.05, 3.63) is 46.1 Å². The van der Waals surface area contributed by atoms with Crippen LogP contribution in [-0.2, 0) is 4.79 Å². The molecule has 28 heavy (non-hydrogen) atoms. The van der Waals surface area contributed by atoms with Crippen molar-refractivity contribution in [2.45, 2.75) is 38.8 Å². The summed E-state index contributed by atoms with van der Waals surface area (Å²) in [5.41, 5.74) is 1.53. The Hall–Kier alpha value is -3.07. The van der Waals surface area contributed by atoms with Crippen LogP contribution in [0.3, 0.4) is 0 Å². The minimum absolute atomic E-state index is 0.0251. The van der Waals surface area contributed by atoms with E-state index < -0.39 is 10.9 Å². The van der Waals surface area contributed by atoms with E-state index in [9.17, 15) is 14.9 Å². The molecule has 0 amide bonds. The third-order valence-corrected chi connectivity index (χ3v) is 4.92. The van der Waals surface area contributed by atoms with Gasteiger partial charge in [0.05, 0.1) is 11.5 Å². The number of likely N-dealkylation sites (N-methyl/N-ethyl adjacent to an activating group) is 1. The molecule has 1 fully saturated rings. The van der Waals surface area contributed by atoms with Gasteiger partial charge in [-0.2, -0.15) is 0 Å². The average Bonchev–Trinajstić information content (AvgIpc) is 2.62. The van der Waals surface area contributed by atoms with Crippen molar-refractivity contribution >= 4 is 17.5 Å². The molecule has 1 aromatic heterocycles. The summed E-state index contributed by atoms with van der Waals surface area (Å²) in [5.74, 6) is 0.400. The highest BCUT2D eigenvalue weighted by Gasteiger charge is 2.34. The van der Waals surface area contributed by atoms with E-state index in [1.54, 1.807) is 12.1 Å². The molecule has 148 valence electrons. The molecule has 0 bridgehead atoms. The Labute approximate surface area is 162 Å². The van der Waals surface area contributed by atoms with Crippen LogP contribution >= 0.6 is 0 Å². The lowest BCUT2D eigenvalue weighted by molar-refractivity contribution is -0.384. The molecule has 0 unspecified atom stereocenters. The second kappa shape index (κ2) is 8.30. The molecule has 1 saturated carbocycles. The van der Waals surface area contributed by atoms with Crippen LogP contribution in [-0.4, -0.2) is 56.0 Å². The van der Waals surface area contributed by atoms with Gasteiger partial charge in [-0.25, -0.2) is 9.97 Å². The van der Waals surface area contributed by atoms with Gasteiger partial charge in [0.2, 0.25) is 0 Å². The highest BCUT2D eigenvalue weighted by atomic mass is 16.6. The molecule has 1 heterocycles. The Balaban J connectivity index is 1.66. The van der Waals surface area contributed by atoms with Gasteiger partial charge in [-0.3, -0.25) is 19.8 Å². The largest absolute Gasteiger partial charge is 0.480 e. The number of hydrogen-bond donors (Lipinski definition) is 2. The normalized spacial score (nSPS) is 18.5. The fourth-order valence-corrected chi connectivity index (χ4v) is 3.39. The molecule has 1 aromatic carbocycles. The first kappa shape index (κ1) is 19.7. The van der Waals surface area contributed by atoms with Crippen molar-refractivity contribution in [3.63, 3.8) is 0 Å². The van der Waals surface area contributed by atoms with Crippen LogP contribution in [0, 0.1) is 17.0 Å². The Kier molecular flexibility index (Phi) is 5.84. The minimum atomic E-state index is -0.808. The minimum Gasteiger partial charge on any atom is -0.480 e. The van der Waals surface area contributed by atoms with Gasteiger partial charge >= 0.3 is 5.97 Å². The third kappa shape index (κ3) is 4.61. The first-order chi connectivity index (χ1) is 13.4. The molecule has 0 aliphatic heterocycles. The number of benzene rings is 1. The molecule has 0 saturated heterocycles. The molecule has 3 rings (SSSR count). The number of aromatic nitrogens is 2. The number of aliphatic carboxylic acids is 1. The Morgan fingerprint density at radius 2 is 2.00 bits per heavy atom. The SMILES string of the molecule is CCN(CC(=O)O)C1CC(Nc2cc(C)nc(-c3ccc([N+](=O)[O-])cc3)n2)C1. The van der Waals surface area contributed by atoms with Crippen molar-refractivity contribution in [1.82, 2.24) is 14.9 Å². The van der Waals surface area contributed by atoms with Crippen molar-refractivity contribution in [2.75, 3.05) is 18.4 Å². The monoisotopic (exact) mass is 385 g/mol. The number of nitro groups is 1. The number of aryl methyl sites for hydroxylation is 1. The van der Waals surface area contributed by atoms with Crippen LogP contribution in [0.1, 0.15) is 25.5 Å². The van der Waals surface area contributed by atoms with E-state index in [0.29, 0.717) is 23.8 Å². The summed E-state index contributed by atoms with van der Waals surface area (Å²) < 4.78 is 0. The zero-order valence-corrected chi connectivity index (χ0v) is 15.8. The van der Waals surface area contributed by atoms with E-state index in [4.69, 9.17) is 5.11 Å². The van der Waals surface area contributed by atoms with Gasteiger partial charge in [-0.15, -0.1) is 0 Å². The summed E-state index contributed by atoms with van der Waals surface area (Å²) in [6.07, 6.45) is 1.72. The number of rotatable bonds is 8. The van der Waals surface area contributed by atoms with E-state index in [-0.39, 0.29) is 24.3 Å². The predicted molar refractivity (Wildman–Crippen MR) is 104 cm³/mol. The van der Waals surface area contributed by atoms with Crippen molar-refractivity contribution < 1.29 is 14.8 Å². The second-order valence-electron chi connectivity index (χ2n) is 6.95. The molecule has 2 N–H and O–H groups in total. The van der Waals surface area contributed by atoms with Gasteiger partial charge in [0.15, 0.2) is 5.82 Å². The lowest BCUT2D eigenvalue weighted by atomic mass is 9.85. The maximum Gasteiger partial charge on any atom is 0.317 e. The number of hydrogen-bond acceptors (Lipinski definition) is 7. The van der Waals surface area contributed by atoms with Crippen LogP contribution in [0.5, 0.6) is 0 Å². The first-order valence-corrected chi connectivity index (χ1v) is 9.18. The van der Waals surface area contributed by atoms with Crippen LogP contribution in [0.15, 0.2) is 30.3 Å². The van der Waals surface area contributed by atoms with Gasteiger partial charge < -0.3 is 10.4 Å². The number of carboxylic acids is 1. The number of nitro benzene ring substituents is 1. The summed E-state index contributed by atoms with van der Waals surface area (Å²) >= 11 is 0. The molecular formula is C19H23N5O4. The summed E-state index contributed by atoms with van der Waals surface area (Å²) in [6, 6.07) is 8.50. The zero-order valence-electron chi connectivity index (χ0n) is 15.8. The van der Waals surface area contributed by atoms with Crippen LogP contribution in [0.25, 0.3) is 11.4 Å². The van der Waals surface area contributed by atoms with Crippen LogP contribution < -0.4 is 5.32 Å². The molecule has 9 nitrogen and oxygen atoms in total. The molecule has 9 heteroatoms. The predicted octanol–water partition coefficient (Wildman–Crippen LogP) is 2.71. The highest BCUT2D eigenvalue weighted by Crippen LogP contribution is 2.29. The highest BCUT2D eigenvalue weighted by molar-refractivity contribution is 5.69. The summed E-state index contributed by atoms with van der Waals surface area (Å²) in [7, 11) is 0. The Morgan fingerprint density at radius 3 is 2.57 bits per heavy atom. The van der Waals surface area contributed by atoms with Gasteiger partial charge in [0.1, 0.15) is 5.82 Å². The summed E-state index contributed by atoms with van der Waals surface area (Å²) in [6.45, 7) is 4.61. The summed E-state index contributed by atoms with van der Waals surface area (Å²) in [5, 5.41) is 23.2. The van der Waals surface area contributed by atoms with Crippen molar-refractivity contribution in [2.24, 2.45) is 0 Å². The van der Waals surface area contributed by atoms with Crippen molar-refractivity contribution in [1.29, 1.82) is 0 Å². The number of carbonyl (C=O) groups is 1. The van der Waals surface area contributed by atoms with Crippen LogP contribution in [0.2, 0.25) is 0 Å². The van der Waals surface area contributed by atoms with E-state index in [2.05, 4.69) is 15.3 Å². The number of anilines is 1. The first-order valence-electron chi connectivity index (χ1n) is 9.18. The topological polar surface area (TPSA) is 121 Å². The molecule has 0 spiro atoms.